The van der Waals surface area contributed by atoms with E-state index in [1.54, 1.807) is 24.3 Å². The van der Waals surface area contributed by atoms with Crippen LogP contribution in [0.4, 0.5) is 11.4 Å². The van der Waals surface area contributed by atoms with E-state index in [0.29, 0.717) is 17.1 Å². The highest BCUT2D eigenvalue weighted by atomic mass is 16.5. The van der Waals surface area contributed by atoms with E-state index in [-0.39, 0.29) is 18.4 Å². The number of benzene rings is 2. The Labute approximate surface area is 140 Å². The number of carbonyl (C=O) groups is 2. The van der Waals surface area contributed by atoms with E-state index in [0.717, 1.165) is 17.6 Å². The van der Waals surface area contributed by atoms with Crippen LogP contribution in [0.2, 0.25) is 0 Å². The maximum absolute atomic E-state index is 12.4. The van der Waals surface area contributed by atoms with Gasteiger partial charge in [-0.05, 0) is 29.7 Å². The molecule has 2 aromatic rings. The normalized spacial score (nSPS) is 13.5. The first-order valence-corrected chi connectivity index (χ1v) is 7.80. The molecular formula is C19H18N2O3. The minimum Gasteiger partial charge on any atom is -0.479 e. The summed E-state index contributed by atoms with van der Waals surface area (Å²) in [6.45, 7) is 1.95. The van der Waals surface area contributed by atoms with Crippen LogP contribution < -0.4 is 15.4 Å². The molecule has 0 saturated carbocycles. The summed E-state index contributed by atoms with van der Waals surface area (Å²) in [5.41, 5.74) is 3.07. The SMILES string of the molecule is CC/C(=C\C(=O)Nc1cccc2c1OCC(=O)N2)c1ccccc1. The second-order valence-corrected chi connectivity index (χ2v) is 5.40. The lowest BCUT2D eigenvalue weighted by Gasteiger charge is -2.20. The smallest absolute Gasteiger partial charge is 0.262 e. The fourth-order valence-electron chi connectivity index (χ4n) is 2.58. The molecular weight excluding hydrogens is 304 g/mol. The molecule has 0 radical (unpaired) electrons. The highest BCUT2D eigenvalue weighted by Crippen LogP contribution is 2.35. The average Bonchev–Trinajstić information content (AvgIpc) is 2.60. The third kappa shape index (κ3) is 3.46. The molecule has 24 heavy (non-hydrogen) atoms. The van der Waals surface area contributed by atoms with Crippen molar-refractivity contribution in [3.05, 3.63) is 60.2 Å². The summed E-state index contributed by atoms with van der Waals surface area (Å²) in [5, 5.41) is 5.55. The third-order valence-corrected chi connectivity index (χ3v) is 3.73. The van der Waals surface area contributed by atoms with Crippen LogP contribution in [0, 0.1) is 0 Å². The molecule has 2 aromatic carbocycles. The van der Waals surface area contributed by atoms with E-state index < -0.39 is 0 Å². The lowest BCUT2D eigenvalue weighted by atomic mass is 10.0. The number of hydrogen-bond donors (Lipinski definition) is 2. The quantitative estimate of drug-likeness (QED) is 0.847. The minimum absolute atomic E-state index is 0.0556. The number of allylic oxidation sites excluding steroid dienone is 1. The van der Waals surface area contributed by atoms with Gasteiger partial charge < -0.3 is 15.4 Å². The fourth-order valence-corrected chi connectivity index (χ4v) is 2.58. The summed E-state index contributed by atoms with van der Waals surface area (Å²) in [6, 6.07) is 15.0. The van der Waals surface area contributed by atoms with Gasteiger partial charge in [0, 0.05) is 6.08 Å². The van der Waals surface area contributed by atoms with E-state index in [2.05, 4.69) is 10.6 Å². The summed E-state index contributed by atoms with van der Waals surface area (Å²) in [5.74, 6) is 0.0458. The Morgan fingerprint density at radius 2 is 2.00 bits per heavy atom. The number of carbonyl (C=O) groups excluding carboxylic acids is 2. The standard InChI is InChI=1S/C19H18N2O3/c1-2-13(14-7-4-3-5-8-14)11-17(22)20-15-9-6-10-16-19(15)24-12-18(23)21-16/h3-11H,2,12H2,1H3,(H,20,22)(H,21,23)/b13-11+. The van der Waals surface area contributed by atoms with Gasteiger partial charge in [-0.1, -0.05) is 43.3 Å². The molecule has 5 heteroatoms. The van der Waals surface area contributed by atoms with Gasteiger partial charge in [-0.15, -0.1) is 0 Å². The fraction of sp³-hybridized carbons (Fsp3) is 0.158. The van der Waals surface area contributed by atoms with Crippen LogP contribution in [0.5, 0.6) is 5.75 Å². The number of nitrogens with one attached hydrogen (secondary N) is 2. The molecule has 1 aliphatic rings. The number of fused-ring (bicyclic) bond motifs is 1. The Balaban J connectivity index is 1.81. The molecule has 1 aliphatic heterocycles. The van der Waals surface area contributed by atoms with Crippen molar-refractivity contribution in [2.24, 2.45) is 0 Å². The van der Waals surface area contributed by atoms with Crippen LogP contribution >= 0.6 is 0 Å². The number of hydrogen-bond acceptors (Lipinski definition) is 3. The van der Waals surface area contributed by atoms with Crippen molar-refractivity contribution in [1.82, 2.24) is 0 Å². The zero-order valence-electron chi connectivity index (χ0n) is 13.3. The number of rotatable bonds is 4. The molecule has 0 aromatic heterocycles. The average molecular weight is 322 g/mol. The van der Waals surface area contributed by atoms with Crippen molar-refractivity contribution in [2.45, 2.75) is 13.3 Å². The van der Waals surface area contributed by atoms with Crippen LogP contribution in [0.3, 0.4) is 0 Å². The molecule has 2 amide bonds. The second-order valence-electron chi connectivity index (χ2n) is 5.40. The highest BCUT2D eigenvalue weighted by Gasteiger charge is 2.19. The van der Waals surface area contributed by atoms with E-state index >= 15 is 0 Å². The van der Waals surface area contributed by atoms with Gasteiger partial charge in [0.05, 0.1) is 11.4 Å². The van der Waals surface area contributed by atoms with Crippen molar-refractivity contribution in [3.63, 3.8) is 0 Å². The van der Waals surface area contributed by atoms with E-state index in [1.807, 2.05) is 37.3 Å². The lowest BCUT2D eigenvalue weighted by molar-refractivity contribution is -0.118. The topological polar surface area (TPSA) is 67.4 Å². The predicted molar refractivity (Wildman–Crippen MR) is 93.9 cm³/mol. The Bertz CT molecular complexity index is 798. The lowest BCUT2D eigenvalue weighted by Crippen LogP contribution is -2.26. The molecule has 1 heterocycles. The van der Waals surface area contributed by atoms with Gasteiger partial charge in [-0.25, -0.2) is 0 Å². The first-order chi connectivity index (χ1) is 11.7. The number of amides is 2. The van der Waals surface area contributed by atoms with Crippen LogP contribution in [-0.4, -0.2) is 18.4 Å². The molecule has 0 bridgehead atoms. The van der Waals surface area contributed by atoms with E-state index in [1.165, 1.54) is 0 Å². The molecule has 0 aliphatic carbocycles. The molecule has 0 spiro atoms. The first kappa shape index (κ1) is 15.8. The second kappa shape index (κ2) is 7.00. The number of ether oxygens (including phenoxy) is 1. The zero-order valence-corrected chi connectivity index (χ0v) is 13.3. The summed E-state index contributed by atoms with van der Waals surface area (Å²) < 4.78 is 5.44. The molecule has 3 rings (SSSR count). The molecule has 0 atom stereocenters. The largest absolute Gasteiger partial charge is 0.479 e. The van der Waals surface area contributed by atoms with Gasteiger partial charge in [0.25, 0.3) is 5.91 Å². The Morgan fingerprint density at radius 3 is 2.75 bits per heavy atom. The Morgan fingerprint density at radius 1 is 1.21 bits per heavy atom. The van der Waals surface area contributed by atoms with Crippen molar-refractivity contribution in [1.29, 1.82) is 0 Å². The van der Waals surface area contributed by atoms with Gasteiger partial charge in [-0.3, -0.25) is 9.59 Å². The van der Waals surface area contributed by atoms with Gasteiger partial charge in [-0.2, -0.15) is 0 Å². The molecule has 122 valence electrons. The molecule has 2 N–H and O–H groups in total. The molecule has 0 fully saturated rings. The first-order valence-electron chi connectivity index (χ1n) is 7.80. The monoisotopic (exact) mass is 322 g/mol. The van der Waals surface area contributed by atoms with Crippen LogP contribution in [0.25, 0.3) is 5.57 Å². The number of para-hydroxylation sites is 1. The molecule has 0 unspecified atom stereocenters. The highest BCUT2D eigenvalue weighted by molar-refractivity contribution is 6.06. The third-order valence-electron chi connectivity index (χ3n) is 3.73. The maximum atomic E-state index is 12.4. The predicted octanol–water partition coefficient (Wildman–Crippen LogP) is 3.45. The number of anilines is 2. The van der Waals surface area contributed by atoms with Crippen molar-refractivity contribution < 1.29 is 14.3 Å². The van der Waals surface area contributed by atoms with Gasteiger partial charge >= 0.3 is 0 Å². The van der Waals surface area contributed by atoms with Gasteiger partial charge in [0.2, 0.25) is 5.91 Å². The van der Waals surface area contributed by atoms with Crippen molar-refractivity contribution >= 4 is 28.8 Å². The Kier molecular flexibility index (Phi) is 4.61. The van der Waals surface area contributed by atoms with Gasteiger partial charge in [0.1, 0.15) is 0 Å². The minimum atomic E-state index is -0.232. The van der Waals surface area contributed by atoms with Gasteiger partial charge in [0.15, 0.2) is 12.4 Å². The Hall–Kier alpha value is -3.08. The summed E-state index contributed by atoms with van der Waals surface area (Å²) in [4.78, 5) is 23.7. The van der Waals surface area contributed by atoms with Crippen molar-refractivity contribution in [2.75, 3.05) is 17.2 Å². The zero-order chi connectivity index (χ0) is 16.9. The van der Waals surface area contributed by atoms with Crippen molar-refractivity contribution in [3.8, 4) is 5.75 Å². The maximum Gasteiger partial charge on any atom is 0.262 e. The molecule has 5 nitrogen and oxygen atoms in total. The van der Waals surface area contributed by atoms with E-state index in [9.17, 15) is 9.59 Å². The summed E-state index contributed by atoms with van der Waals surface area (Å²) >= 11 is 0. The van der Waals surface area contributed by atoms with Crippen LogP contribution in [-0.2, 0) is 9.59 Å². The molecule has 0 saturated heterocycles. The summed E-state index contributed by atoms with van der Waals surface area (Å²) in [6.07, 6.45) is 2.34. The summed E-state index contributed by atoms with van der Waals surface area (Å²) in [7, 11) is 0. The van der Waals surface area contributed by atoms with Crippen LogP contribution in [0.1, 0.15) is 18.9 Å². The van der Waals surface area contributed by atoms with Crippen LogP contribution in [0.15, 0.2) is 54.6 Å². The van der Waals surface area contributed by atoms with E-state index in [4.69, 9.17) is 4.74 Å².